The molecule has 2 amide bonds. The highest BCUT2D eigenvalue weighted by molar-refractivity contribution is 7.90. The van der Waals surface area contributed by atoms with Gasteiger partial charge in [0.15, 0.2) is 0 Å². The normalized spacial score (nSPS) is 15.5. The van der Waals surface area contributed by atoms with Crippen LogP contribution in [-0.2, 0) is 25.0 Å². The number of carbonyl (C=O) groups is 2. The lowest BCUT2D eigenvalue weighted by atomic mass is 9.64. The number of benzene rings is 2. The van der Waals surface area contributed by atoms with Crippen molar-refractivity contribution in [3.05, 3.63) is 59.9 Å². The van der Waals surface area contributed by atoms with Gasteiger partial charge in [0.25, 0.3) is 10.0 Å². The Kier molecular flexibility index (Phi) is 5.01. The van der Waals surface area contributed by atoms with Gasteiger partial charge in [0.2, 0.25) is 11.8 Å². The first-order valence-electron chi connectivity index (χ1n) is 8.44. The van der Waals surface area contributed by atoms with Crippen LogP contribution in [0.15, 0.2) is 53.4 Å². The van der Waals surface area contributed by atoms with Crippen LogP contribution in [0, 0.1) is 5.82 Å². The van der Waals surface area contributed by atoms with Crippen LogP contribution in [0.5, 0.6) is 0 Å². The van der Waals surface area contributed by atoms with Crippen molar-refractivity contribution in [1.29, 1.82) is 0 Å². The predicted octanol–water partition coefficient (Wildman–Crippen LogP) is 2.71. The number of carbonyl (C=O) groups excluding carboxylic acids is 2. The van der Waals surface area contributed by atoms with Gasteiger partial charge in [-0.1, -0.05) is 18.6 Å². The molecule has 0 heterocycles. The van der Waals surface area contributed by atoms with E-state index in [1.807, 2.05) is 0 Å². The molecule has 0 spiro atoms. The number of sulfonamides is 1. The summed E-state index contributed by atoms with van der Waals surface area (Å²) in [5.41, 5.74) is 0.0927. The van der Waals surface area contributed by atoms with Crippen molar-refractivity contribution >= 4 is 27.5 Å². The molecule has 0 atom stereocenters. The molecule has 2 aromatic carbocycles. The minimum atomic E-state index is -4.07. The SMILES string of the molecule is CC(=O)Nc1ccc(S(=O)(=O)NC(=O)C2(c3ccc(F)cc3)CCC2)cc1. The number of nitrogens with one attached hydrogen (secondary N) is 2. The Morgan fingerprint density at radius 2 is 1.59 bits per heavy atom. The Hall–Kier alpha value is -2.74. The molecule has 1 fully saturated rings. The van der Waals surface area contributed by atoms with Crippen LogP contribution in [-0.4, -0.2) is 20.2 Å². The maximum Gasteiger partial charge on any atom is 0.264 e. The summed E-state index contributed by atoms with van der Waals surface area (Å²) in [6.45, 7) is 1.35. The molecule has 1 saturated carbocycles. The summed E-state index contributed by atoms with van der Waals surface area (Å²) in [7, 11) is -4.07. The van der Waals surface area contributed by atoms with Crippen LogP contribution in [0.25, 0.3) is 0 Å². The molecular weight excluding hydrogens is 371 g/mol. The molecule has 2 N–H and O–H groups in total. The Balaban J connectivity index is 1.81. The number of hydrogen-bond acceptors (Lipinski definition) is 4. The molecular formula is C19H19FN2O4S. The number of anilines is 1. The standard InChI is InChI=1S/C19H19FN2O4S/c1-13(23)21-16-7-9-17(10-8-16)27(25,26)22-18(24)19(11-2-12-19)14-3-5-15(20)6-4-14/h3-10H,2,11-12H2,1H3,(H,21,23)(H,22,24). The van der Waals surface area contributed by atoms with Gasteiger partial charge >= 0.3 is 0 Å². The topological polar surface area (TPSA) is 92.3 Å². The molecule has 6 nitrogen and oxygen atoms in total. The van der Waals surface area contributed by atoms with Crippen molar-refractivity contribution < 1.29 is 22.4 Å². The molecule has 2 aromatic rings. The second-order valence-electron chi connectivity index (χ2n) is 6.58. The molecule has 142 valence electrons. The van der Waals surface area contributed by atoms with Crippen molar-refractivity contribution in [1.82, 2.24) is 4.72 Å². The van der Waals surface area contributed by atoms with Gasteiger partial charge in [-0.05, 0) is 54.8 Å². The fourth-order valence-electron chi connectivity index (χ4n) is 3.15. The molecule has 0 bridgehead atoms. The van der Waals surface area contributed by atoms with E-state index in [0.717, 1.165) is 6.42 Å². The average molecular weight is 390 g/mol. The summed E-state index contributed by atoms with van der Waals surface area (Å²) in [5, 5.41) is 2.54. The van der Waals surface area contributed by atoms with Crippen molar-refractivity contribution in [3.8, 4) is 0 Å². The molecule has 0 aromatic heterocycles. The van der Waals surface area contributed by atoms with E-state index < -0.39 is 27.2 Å². The van der Waals surface area contributed by atoms with E-state index in [9.17, 15) is 22.4 Å². The monoisotopic (exact) mass is 390 g/mol. The molecule has 3 rings (SSSR count). The summed E-state index contributed by atoms with van der Waals surface area (Å²) in [5.74, 6) is -1.31. The summed E-state index contributed by atoms with van der Waals surface area (Å²) in [6.07, 6.45) is 1.79. The zero-order valence-corrected chi connectivity index (χ0v) is 15.5. The van der Waals surface area contributed by atoms with E-state index in [1.165, 1.54) is 55.5 Å². The second kappa shape index (κ2) is 7.11. The highest BCUT2D eigenvalue weighted by Crippen LogP contribution is 2.44. The Morgan fingerprint density at radius 3 is 2.07 bits per heavy atom. The van der Waals surface area contributed by atoms with Gasteiger partial charge in [0.1, 0.15) is 5.82 Å². The van der Waals surface area contributed by atoms with Crippen LogP contribution in [0.4, 0.5) is 10.1 Å². The van der Waals surface area contributed by atoms with Crippen LogP contribution >= 0.6 is 0 Å². The third-order valence-corrected chi connectivity index (χ3v) is 6.10. The van der Waals surface area contributed by atoms with Gasteiger partial charge in [0.05, 0.1) is 10.3 Å². The van der Waals surface area contributed by atoms with Crippen molar-refractivity contribution in [2.75, 3.05) is 5.32 Å². The molecule has 0 aliphatic heterocycles. The van der Waals surface area contributed by atoms with E-state index in [4.69, 9.17) is 0 Å². The third-order valence-electron chi connectivity index (χ3n) is 4.75. The lowest BCUT2D eigenvalue weighted by molar-refractivity contribution is -0.128. The first-order valence-corrected chi connectivity index (χ1v) is 9.92. The van der Waals surface area contributed by atoms with Gasteiger partial charge in [0, 0.05) is 12.6 Å². The van der Waals surface area contributed by atoms with Gasteiger partial charge in [-0.25, -0.2) is 17.5 Å². The van der Waals surface area contributed by atoms with Crippen LogP contribution in [0.2, 0.25) is 0 Å². The van der Waals surface area contributed by atoms with Crippen LogP contribution in [0.1, 0.15) is 31.7 Å². The van der Waals surface area contributed by atoms with Crippen LogP contribution < -0.4 is 10.0 Å². The van der Waals surface area contributed by atoms with E-state index in [1.54, 1.807) is 0 Å². The molecule has 8 heteroatoms. The maximum absolute atomic E-state index is 13.2. The Labute approximate surface area is 156 Å². The number of amides is 2. The van der Waals surface area contributed by atoms with Crippen molar-refractivity contribution in [3.63, 3.8) is 0 Å². The molecule has 0 radical (unpaired) electrons. The largest absolute Gasteiger partial charge is 0.326 e. The molecule has 1 aliphatic rings. The Bertz CT molecular complexity index is 966. The zero-order valence-electron chi connectivity index (χ0n) is 14.7. The quantitative estimate of drug-likeness (QED) is 0.821. The van der Waals surface area contributed by atoms with Gasteiger partial charge in [-0.15, -0.1) is 0 Å². The Morgan fingerprint density at radius 1 is 1.00 bits per heavy atom. The first-order chi connectivity index (χ1) is 12.7. The smallest absolute Gasteiger partial charge is 0.264 e. The maximum atomic E-state index is 13.2. The summed E-state index contributed by atoms with van der Waals surface area (Å²) in [6, 6.07) is 11.1. The minimum Gasteiger partial charge on any atom is -0.326 e. The van der Waals surface area contributed by atoms with Crippen molar-refractivity contribution in [2.24, 2.45) is 0 Å². The summed E-state index contributed by atoms with van der Waals surface area (Å²) in [4.78, 5) is 23.7. The highest BCUT2D eigenvalue weighted by atomic mass is 32.2. The second-order valence-corrected chi connectivity index (χ2v) is 8.27. The van der Waals surface area contributed by atoms with Crippen LogP contribution in [0.3, 0.4) is 0 Å². The average Bonchev–Trinajstić information content (AvgIpc) is 2.55. The number of rotatable bonds is 5. The van der Waals surface area contributed by atoms with Gasteiger partial charge < -0.3 is 5.32 Å². The van der Waals surface area contributed by atoms with Gasteiger partial charge in [-0.2, -0.15) is 0 Å². The van der Waals surface area contributed by atoms with E-state index >= 15 is 0 Å². The van der Waals surface area contributed by atoms with E-state index in [0.29, 0.717) is 24.1 Å². The summed E-state index contributed by atoms with van der Waals surface area (Å²) >= 11 is 0. The lowest BCUT2D eigenvalue weighted by Gasteiger charge is -2.40. The molecule has 0 unspecified atom stereocenters. The molecule has 27 heavy (non-hydrogen) atoms. The van der Waals surface area contributed by atoms with Crippen molar-refractivity contribution in [2.45, 2.75) is 36.5 Å². The minimum absolute atomic E-state index is 0.0847. The zero-order chi connectivity index (χ0) is 19.7. The third kappa shape index (κ3) is 3.85. The molecule has 0 saturated heterocycles. The summed E-state index contributed by atoms with van der Waals surface area (Å²) < 4.78 is 40.5. The van der Waals surface area contributed by atoms with E-state index in [-0.39, 0.29) is 10.8 Å². The van der Waals surface area contributed by atoms with Gasteiger partial charge in [-0.3, -0.25) is 9.59 Å². The molecule has 1 aliphatic carbocycles. The first kappa shape index (κ1) is 19.0. The number of halogens is 1. The lowest BCUT2D eigenvalue weighted by Crippen LogP contribution is -2.50. The number of hydrogen-bond donors (Lipinski definition) is 2. The fraction of sp³-hybridized carbons (Fsp3) is 0.263. The predicted molar refractivity (Wildman–Crippen MR) is 98.0 cm³/mol. The highest BCUT2D eigenvalue weighted by Gasteiger charge is 2.47. The fourth-order valence-corrected chi connectivity index (χ4v) is 4.20. The van der Waals surface area contributed by atoms with E-state index in [2.05, 4.69) is 10.0 Å².